The fraction of sp³-hybridized carbons (Fsp3) is 0.455. The summed E-state index contributed by atoms with van der Waals surface area (Å²) in [6, 6.07) is 1.12. The summed E-state index contributed by atoms with van der Waals surface area (Å²) in [4.78, 5) is 15.7. The van der Waals surface area contributed by atoms with Gasteiger partial charge < -0.3 is 15.8 Å². The van der Waals surface area contributed by atoms with Crippen LogP contribution in [0.1, 0.15) is 12.8 Å². The predicted molar refractivity (Wildman–Crippen MR) is 74.7 cm³/mol. The minimum absolute atomic E-state index is 0.248. The first-order chi connectivity index (χ1) is 8.54. The zero-order valence-electron chi connectivity index (χ0n) is 9.95. The standard InChI is InChI=1S/C11H15BrClN3O2/c1-18-4-2-3-9(14)11(17)16-7-5-8(12)10(13)15-6-7/h5-6,9H,2-4,14H2,1H3,(H,16,17). The van der Waals surface area contributed by atoms with Gasteiger partial charge in [-0.2, -0.15) is 0 Å². The Kier molecular flexibility index (Phi) is 6.56. The summed E-state index contributed by atoms with van der Waals surface area (Å²) in [6.45, 7) is 0.592. The number of nitrogens with one attached hydrogen (secondary N) is 1. The van der Waals surface area contributed by atoms with E-state index in [4.69, 9.17) is 22.1 Å². The molecule has 1 rings (SSSR count). The number of methoxy groups -OCH3 is 1. The van der Waals surface area contributed by atoms with Gasteiger partial charge in [0.15, 0.2) is 0 Å². The normalized spacial score (nSPS) is 12.2. The summed E-state index contributed by atoms with van der Waals surface area (Å²) in [5.41, 5.74) is 6.30. The van der Waals surface area contributed by atoms with Crippen molar-refractivity contribution in [1.82, 2.24) is 4.98 Å². The van der Waals surface area contributed by atoms with Crippen molar-refractivity contribution in [3.05, 3.63) is 21.9 Å². The van der Waals surface area contributed by atoms with E-state index < -0.39 is 6.04 Å². The Hall–Kier alpha value is -0.690. The van der Waals surface area contributed by atoms with Crippen LogP contribution in [0.4, 0.5) is 5.69 Å². The number of carbonyl (C=O) groups is 1. The molecule has 0 spiro atoms. The number of nitrogens with two attached hydrogens (primary N) is 1. The number of nitrogens with zero attached hydrogens (tertiary/aromatic N) is 1. The van der Waals surface area contributed by atoms with Crippen molar-refractivity contribution >= 4 is 39.1 Å². The van der Waals surface area contributed by atoms with Crippen LogP contribution >= 0.6 is 27.5 Å². The van der Waals surface area contributed by atoms with Gasteiger partial charge in [-0.1, -0.05) is 11.6 Å². The van der Waals surface area contributed by atoms with E-state index in [1.807, 2.05) is 0 Å². The van der Waals surface area contributed by atoms with Crippen molar-refractivity contribution in [3.8, 4) is 0 Å². The van der Waals surface area contributed by atoms with Crippen LogP contribution in [0.25, 0.3) is 0 Å². The number of aromatic nitrogens is 1. The molecule has 18 heavy (non-hydrogen) atoms. The summed E-state index contributed by atoms with van der Waals surface area (Å²) in [6.07, 6.45) is 2.79. The first kappa shape index (κ1) is 15.4. The molecule has 1 atom stereocenters. The van der Waals surface area contributed by atoms with E-state index in [1.54, 1.807) is 13.2 Å². The molecule has 0 radical (unpaired) electrons. The highest BCUT2D eigenvalue weighted by atomic mass is 79.9. The van der Waals surface area contributed by atoms with Gasteiger partial charge >= 0.3 is 0 Å². The Morgan fingerprint density at radius 2 is 2.44 bits per heavy atom. The zero-order chi connectivity index (χ0) is 13.5. The highest BCUT2D eigenvalue weighted by Gasteiger charge is 2.13. The molecule has 0 aliphatic carbocycles. The smallest absolute Gasteiger partial charge is 0.241 e. The first-order valence-electron chi connectivity index (χ1n) is 5.41. The van der Waals surface area contributed by atoms with Gasteiger partial charge in [0.05, 0.1) is 22.4 Å². The molecule has 1 amide bonds. The van der Waals surface area contributed by atoms with Crippen molar-refractivity contribution in [2.24, 2.45) is 5.73 Å². The topological polar surface area (TPSA) is 77.2 Å². The zero-order valence-corrected chi connectivity index (χ0v) is 12.3. The molecule has 5 nitrogen and oxygen atoms in total. The third-order valence-electron chi connectivity index (χ3n) is 2.26. The Bertz CT molecular complexity index is 417. The highest BCUT2D eigenvalue weighted by Crippen LogP contribution is 2.22. The summed E-state index contributed by atoms with van der Waals surface area (Å²) in [5.74, 6) is -0.248. The van der Waals surface area contributed by atoms with Crippen LogP contribution in [0.2, 0.25) is 5.15 Å². The van der Waals surface area contributed by atoms with Crippen LogP contribution in [0.5, 0.6) is 0 Å². The molecule has 1 aromatic heterocycles. The fourth-order valence-corrected chi connectivity index (χ4v) is 1.76. The van der Waals surface area contributed by atoms with Crippen LogP contribution in [-0.4, -0.2) is 30.6 Å². The lowest BCUT2D eigenvalue weighted by atomic mass is 10.1. The largest absolute Gasteiger partial charge is 0.385 e. The summed E-state index contributed by atoms with van der Waals surface area (Å²) in [5, 5.41) is 3.03. The second kappa shape index (κ2) is 7.68. The molecular formula is C11H15BrClN3O2. The van der Waals surface area contributed by atoms with Gasteiger partial charge in [0.2, 0.25) is 5.91 Å². The number of ether oxygens (including phenoxy) is 1. The van der Waals surface area contributed by atoms with Crippen molar-refractivity contribution in [2.45, 2.75) is 18.9 Å². The number of carbonyl (C=O) groups excluding carboxylic acids is 1. The molecule has 0 aliphatic heterocycles. The number of amides is 1. The van der Waals surface area contributed by atoms with Crippen LogP contribution in [0.15, 0.2) is 16.7 Å². The minimum atomic E-state index is -0.561. The number of pyridine rings is 1. The summed E-state index contributed by atoms with van der Waals surface area (Å²) in [7, 11) is 1.61. The van der Waals surface area contributed by atoms with E-state index in [-0.39, 0.29) is 5.91 Å². The van der Waals surface area contributed by atoms with E-state index in [2.05, 4.69) is 26.2 Å². The van der Waals surface area contributed by atoms with Crippen molar-refractivity contribution in [2.75, 3.05) is 19.0 Å². The maximum atomic E-state index is 11.7. The van der Waals surface area contributed by atoms with Gasteiger partial charge in [0, 0.05) is 13.7 Å². The Balaban J connectivity index is 2.50. The molecule has 0 saturated heterocycles. The molecule has 100 valence electrons. The van der Waals surface area contributed by atoms with Gasteiger partial charge in [-0.25, -0.2) is 4.98 Å². The molecule has 0 fully saturated rings. The van der Waals surface area contributed by atoms with Gasteiger partial charge in [-0.3, -0.25) is 4.79 Å². The lowest BCUT2D eigenvalue weighted by Crippen LogP contribution is -2.35. The third kappa shape index (κ3) is 4.89. The molecule has 0 saturated carbocycles. The van der Waals surface area contributed by atoms with Gasteiger partial charge in [-0.05, 0) is 34.8 Å². The second-order valence-corrected chi connectivity index (χ2v) is 4.94. The van der Waals surface area contributed by atoms with Crippen LogP contribution in [0.3, 0.4) is 0 Å². The SMILES string of the molecule is COCCCC(N)C(=O)Nc1cnc(Cl)c(Br)c1. The molecule has 7 heteroatoms. The number of anilines is 1. The van der Waals surface area contributed by atoms with E-state index in [0.29, 0.717) is 28.3 Å². The average molecular weight is 337 g/mol. The molecule has 1 unspecified atom stereocenters. The summed E-state index contributed by atoms with van der Waals surface area (Å²) >= 11 is 8.99. The quantitative estimate of drug-likeness (QED) is 0.616. The monoisotopic (exact) mass is 335 g/mol. The van der Waals surface area contributed by atoms with Gasteiger partial charge in [-0.15, -0.1) is 0 Å². The molecule has 1 aromatic rings. The molecule has 0 bridgehead atoms. The van der Waals surface area contributed by atoms with E-state index in [0.717, 1.165) is 6.42 Å². The maximum Gasteiger partial charge on any atom is 0.241 e. The van der Waals surface area contributed by atoms with E-state index in [9.17, 15) is 4.79 Å². The van der Waals surface area contributed by atoms with E-state index >= 15 is 0 Å². The molecule has 3 N–H and O–H groups in total. The number of halogens is 2. The first-order valence-corrected chi connectivity index (χ1v) is 6.58. The van der Waals surface area contributed by atoms with Gasteiger partial charge in [0.25, 0.3) is 0 Å². The van der Waals surface area contributed by atoms with Crippen LogP contribution < -0.4 is 11.1 Å². The number of rotatable bonds is 6. The van der Waals surface area contributed by atoms with Gasteiger partial charge in [0.1, 0.15) is 5.15 Å². The summed E-state index contributed by atoms with van der Waals surface area (Å²) < 4.78 is 5.52. The van der Waals surface area contributed by atoms with E-state index in [1.165, 1.54) is 6.20 Å². The Morgan fingerprint density at radius 3 is 3.06 bits per heavy atom. The van der Waals surface area contributed by atoms with Crippen LogP contribution in [0, 0.1) is 0 Å². The van der Waals surface area contributed by atoms with Crippen molar-refractivity contribution < 1.29 is 9.53 Å². The second-order valence-electron chi connectivity index (χ2n) is 3.73. The minimum Gasteiger partial charge on any atom is -0.385 e. The Morgan fingerprint density at radius 1 is 1.72 bits per heavy atom. The lowest BCUT2D eigenvalue weighted by Gasteiger charge is -2.12. The lowest BCUT2D eigenvalue weighted by molar-refractivity contribution is -0.117. The average Bonchev–Trinajstić information content (AvgIpc) is 2.34. The molecule has 0 aliphatic rings. The predicted octanol–water partition coefficient (Wildman–Crippen LogP) is 2.19. The highest BCUT2D eigenvalue weighted by molar-refractivity contribution is 9.10. The van der Waals surface area contributed by atoms with Crippen LogP contribution in [-0.2, 0) is 9.53 Å². The Labute approximate surface area is 119 Å². The number of hydrogen-bond acceptors (Lipinski definition) is 4. The third-order valence-corrected chi connectivity index (χ3v) is 3.40. The number of hydrogen-bond donors (Lipinski definition) is 2. The van der Waals surface area contributed by atoms with Crippen molar-refractivity contribution in [3.63, 3.8) is 0 Å². The maximum absolute atomic E-state index is 11.7. The fourth-order valence-electron chi connectivity index (χ4n) is 1.30. The molecule has 1 heterocycles. The van der Waals surface area contributed by atoms with Crippen molar-refractivity contribution in [1.29, 1.82) is 0 Å². The molecule has 0 aromatic carbocycles. The molecular weight excluding hydrogens is 321 g/mol.